The largest absolute Gasteiger partial charge is 0.391 e. The van der Waals surface area contributed by atoms with Crippen LogP contribution in [0.5, 0.6) is 0 Å². The summed E-state index contributed by atoms with van der Waals surface area (Å²) in [5.74, 6) is 0.0392. The quantitative estimate of drug-likeness (QED) is 0.708. The summed E-state index contributed by atoms with van der Waals surface area (Å²) in [4.78, 5) is 15.4. The molecule has 1 fully saturated rings. The molecule has 1 amide bonds. The van der Waals surface area contributed by atoms with E-state index in [1.807, 2.05) is 41.3 Å². The van der Waals surface area contributed by atoms with Crippen LogP contribution in [0.4, 0.5) is 0 Å². The zero-order valence-corrected chi connectivity index (χ0v) is 16.7. The zero-order chi connectivity index (χ0) is 19.1. The Balaban J connectivity index is 1.87. The van der Waals surface area contributed by atoms with Crippen LogP contribution in [0, 0.1) is 0 Å². The number of halogens is 2. The molecule has 0 aromatic heterocycles. The molecule has 2 aliphatic rings. The Labute approximate surface area is 169 Å². The third-order valence-electron chi connectivity index (χ3n) is 6.02. The molecule has 4 rings (SSSR count). The van der Waals surface area contributed by atoms with Crippen molar-refractivity contribution in [1.29, 1.82) is 0 Å². The molecular weight excluding hydrogens is 381 g/mol. The molecule has 5 heteroatoms. The molecule has 2 aromatic carbocycles. The number of carbonyl (C=O) groups is 1. The average molecular weight is 404 g/mol. The standard InChI is InChI=1S/C22H23Cl2NO2/c1-13-15-6-2-3-7-16(15)22(27)25(19-8-4-5-9-20(19)26)21(13)17-11-10-14(23)12-18(17)24/h2-3,6-7,10-13,19-21,26H,4-5,8-9H2,1H3/t13-,19+,20+,21-/m1/s1. The third kappa shape index (κ3) is 3.26. The third-order valence-corrected chi connectivity index (χ3v) is 6.58. The molecule has 3 nitrogen and oxygen atoms in total. The second-order valence-electron chi connectivity index (χ2n) is 7.62. The minimum atomic E-state index is -0.506. The first-order valence-corrected chi connectivity index (χ1v) is 10.3. The van der Waals surface area contributed by atoms with Crippen molar-refractivity contribution in [2.24, 2.45) is 0 Å². The normalized spacial score (nSPS) is 28.1. The molecule has 1 aliphatic carbocycles. The van der Waals surface area contributed by atoms with Gasteiger partial charge in [0.15, 0.2) is 0 Å². The first kappa shape index (κ1) is 18.8. The van der Waals surface area contributed by atoms with E-state index in [0.29, 0.717) is 10.0 Å². The highest BCUT2D eigenvalue weighted by molar-refractivity contribution is 6.35. The van der Waals surface area contributed by atoms with Crippen LogP contribution in [0.15, 0.2) is 42.5 Å². The maximum atomic E-state index is 13.5. The predicted molar refractivity (Wildman–Crippen MR) is 108 cm³/mol. The lowest BCUT2D eigenvalue weighted by atomic mass is 9.78. The lowest BCUT2D eigenvalue weighted by Crippen LogP contribution is -2.53. The number of fused-ring (bicyclic) bond motifs is 1. The van der Waals surface area contributed by atoms with Crippen molar-refractivity contribution in [2.75, 3.05) is 0 Å². The molecule has 0 spiro atoms. The van der Waals surface area contributed by atoms with Crippen molar-refractivity contribution >= 4 is 29.1 Å². The number of nitrogens with zero attached hydrogens (tertiary/aromatic N) is 1. The maximum Gasteiger partial charge on any atom is 0.255 e. The van der Waals surface area contributed by atoms with Gasteiger partial charge in [-0.25, -0.2) is 0 Å². The van der Waals surface area contributed by atoms with Gasteiger partial charge in [-0.05, 0) is 42.2 Å². The Morgan fingerprint density at radius 1 is 1.04 bits per heavy atom. The monoisotopic (exact) mass is 403 g/mol. The fraction of sp³-hybridized carbons (Fsp3) is 0.409. The number of amides is 1. The number of benzene rings is 2. The second kappa shape index (κ2) is 7.46. The topological polar surface area (TPSA) is 40.5 Å². The molecule has 4 atom stereocenters. The summed E-state index contributed by atoms with van der Waals surface area (Å²) in [5.41, 5.74) is 2.64. The molecule has 1 aliphatic heterocycles. The van der Waals surface area contributed by atoms with E-state index < -0.39 is 6.10 Å². The summed E-state index contributed by atoms with van der Waals surface area (Å²) in [5, 5.41) is 11.8. The zero-order valence-electron chi connectivity index (χ0n) is 15.2. The summed E-state index contributed by atoms with van der Waals surface area (Å²) in [6.45, 7) is 2.13. The smallest absolute Gasteiger partial charge is 0.255 e. The van der Waals surface area contributed by atoms with Crippen LogP contribution < -0.4 is 0 Å². The minimum Gasteiger partial charge on any atom is -0.391 e. The predicted octanol–water partition coefficient (Wildman–Crippen LogP) is 5.60. The molecule has 0 radical (unpaired) electrons. The Morgan fingerprint density at radius 2 is 1.78 bits per heavy atom. The Bertz CT molecular complexity index is 869. The average Bonchev–Trinajstić information content (AvgIpc) is 2.66. The van der Waals surface area contributed by atoms with Crippen LogP contribution in [0.3, 0.4) is 0 Å². The van der Waals surface area contributed by atoms with E-state index in [4.69, 9.17) is 23.2 Å². The lowest BCUT2D eigenvalue weighted by Gasteiger charge is -2.48. The fourth-order valence-electron chi connectivity index (χ4n) is 4.70. The van der Waals surface area contributed by atoms with Crippen molar-refractivity contribution in [2.45, 2.75) is 56.7 Å². The molecule has 1 heterocycles. The van der Waals surface area contributed by atoms with Crippen molar-refractivity contribution in [3.05, 3.63) is 69.2 Å². The van der Waals surface area contributed by atoms with Gasteiger partial charge in [0.25, 0.3) is 5.91 Å². The highest BCUT2D eigenvalue weighted by atomic mass is 35.5. The van der Waals surface area contributed by atoms with Crippen LogP contribution in [-0.2, 0) is 0 Å². The summed E-state index contributed by atoms with van der Waals surface area (Å²) in [6, 6.07) is 12.8. The first-order chi connectivity index (χ1) is 13.0. The number of aliphatic hydroxyl groups is 1. The van der Waals surface area contributed by atoms with Crippen LogP contribution in [-0.4, -0.2) is 28.1 Å². The molecule has 1 saturated carbocycles. The van der Waals surface area contributed by atoms with E-state index >= 15 is 0 Å². The fourth-order valence-corrected chi connectivity index (χ4v) is 5.22. The van der Waals surface area contributed by atoms with E-state index in [2.05, 4.69) is 6.92 Å². The van der Waals surface area contributed by atoms with Crippen LogP contribution in [0.25, 0.3) is 0 Å². The van der Waals surface area contributed by atoms with Gasteiger partial charge in [-0.15, -0.1) is 0 Å². The van der Waals surface area contributed by atoms with E-state index in [0.717, 1.165) is 42.4 Å². The molecule has 0 saturated heterocycles. The van der Waals surface area contributed by atoms with Gasteiger partial charge in [-0.2, -0.15) is 0 Å². The Hall–Kier alpha value is -1.55. The van der Waals surface area contributed by atoms with Crippen molar-refractivity contribution < 1.29 is 9.90 Å². The van der Waals surface area contributed by atoms with Crippen LogP contribution in [0.1, 0.15) is 66.1 Å². The van der Waals surface area contributed by atoms with Gasteiger partial charge in [0.2, 0.25) is 0 Å². The van der Waals surface area contributed by atoms with E-state index in [1.165, 1.54) is 0 Å². The van der Waals surface area contributed by atoms with Crippen LogP contribution in [0.2, 0.25) is 10.0 Å². The first-order valence-electron chi connectivity index (χ1n) is 9.53. The number of hydrogen-bond acceptors (Lipinski definition) is 2. The van der Waals surface area contributed by atoms with Gasteiger partial charge in [0.1, 0.15) is 0 Å². The van der Waals surface area contributed by atoms with Crippen LogP contribution >= 0.6 is 23.2 Å². The Morgan fingerprint density at radius 3 is 2.52 bits per heavy atom. The molecule has 0 unspecified atom stereocenters. The second-order valence-corrected chi connectivity index (χ2v) is 8.46. The summed E-state index contributed by atoms with van der Waals surface area (Å²) in [6.07, 6.45) is 3.05. The summed E-state index contributed by atoms with van der Waals surface area (Å²) in [7, 11) is 0. The van der Waals surface area contributed by atoms with Gasteiger partial charge >= 0.3 is 0 Å². The highest BCUT2D eigenvalue weighted by Crippen LogP contribution is 2.47. The van der Waals surface area contributed by atoms with E-state index in [1.54, 1.807) is 6.07 Å². The molecule has 0 bridgehead atoms. The molecule has 1 N–H and O–H groups in total. The lowest BCUT2D eigenvalue weighted by molar-refractivity contribution is -0.00505. The number of carbonyl (C=O) groups excluding carboxylic acids is 1. The molecule has 2 aromatic rings. The van der Waals surface area contributed by atoms with Crippen molar-refractivity contribution in [3.8, 4) is 0 Å². The molecule has 27 heavy (non-hydrogen) atoms. The highest BCUT2D eigenvalue weighted by Gasteiger charge is 2.44. The van der Waals surface area contributed by atoms with Gasteiger partial charge < -0.3 is 10.0 Å². The van der Waals surface area contributed by atoms with Gasteiger partial charge in [-0.3, -0.25) is 4.79 Å². The van der Waals surface area contributed by atoms with Gasteiger partial charge in [-0.1, -0.05) is 67.2 Å². The van der Waals surface area contributed by atoms with Gasteiger partial charge in [0.05, 0.1) is 18.2 Å². The van der Waals surface area contributed by atoms with Gasteiger partial charge in [0, 0.05) is 21.5 Å². The number of aliphatic hydroxyl groups excluding tert-OH is 1. The number of rotatable bonds is 2. The van der Waals surface area contributed by atoms with Crippen molar-refractivity contribution in [3.63, 3.8) is 0 Å². The summed E-state index contributed by atoms with van der Waals surface area (Å²) >= 11 is 12.7. The molecular formula is C22H23Cl2NO2. The van der Waals surface area contributed by atoms with E-state index in [9.17, 15) is 9.90 Å². The minimum absolute atomic E-state index is 0.0225. The maximum absolute atomic E-state index is 13.5. The summed E-state index contributed by atoms with van der Waals surface area (Å²) < 4.78 is 0. The molecule has 142 valence electrons. The van der Waals surface area contributed by atoms with Crippen molar-refractivity contribution in [1.82, 2.24) is 4.90 Å². The Kier molecular flexibility index (Phi) is 5.19. The number of hydrogen-bond donors (Lipinski definition) is 1. The van der Waals surface area contributed by atoms with E-state index in [-0.39, 0.29) is 23.9 Å². The SMILES string of the molecule is C[C@@H]1c2ccccc2C(=O)N([C@H]2CCCC[C@@H]2O)[C@H]1c1ccc(Cl)cc1Cl.